The molecule has 0 spiro atoms. The van der Waals surface area contributed by atoms with Crippen LogP contribution in [-0.2, 0) is 22.6 Å². The molecule has 0 saturated carbocycles. The lowest BCUT2D eigenvalue weighted by Crippen LogP contribution is -2.51. The Bertz CT molecular complexity index is 1180. The van der Waals surface area contributed by atoms with Crippen LogP contribution in [0.3, 0.4) is 0 Å². The van der Waals surface area contributed by atoms with E-state index in [-0.39, 0.29) is 30.7 Å². The number of rotatable bonds is 13. The van der Waals surface area contributed by atoms with Gasteiger partial charge in [-0.2, -0.15) is 0 Å². The van der Waals surface area contributed by atoms with E-state index in [2.05, 4.69) is 5.32 Å². The molecule has 38 heavy (non-hydrogen) atoms. The largest absolute Gasteiger partial charge is 0.494 e. The van der Waals surface area contributed by atoms with E-state index in [1.165, 1.54) is 0 Å². The Kier molecular flexibility index (Phi) is 11.5. The Hall–Kier alpha value is -3.02. The maximum atomic E-state index is 13.7. The summed E-state index contributed by atoms with van der Waals surface area (Å²) in [4.78, 5) is 28.8. The van der Waals surface area contributed by atoms with Crippen molar-refractivity contribution in [1.82, 2.24) is 10.2 Å². The minimum Gasteiger partial charge on any atom is -0.494 e. The van der Waals surface area contributed by atoms with Crippen LogP contribution >= 0.6 is 23.2 Å². The summed E-state index contributed by atoms with van der Waals surface area (Å²) in [5.41, 5.74) is 2.94. The van der Waals surface area contributed by atoms with Crippen LogP contribution in [-0.4, -0.2) is 35.9 Å². The lowest BCUT2D eigenvalue weighted by Gasteiger charge is -2.32. The summed E-state index contributed by atoms with van der Waals surface area (Å²) in [6.07, 6.45) is 1.17. The van der Waals surface area contributed by atoms with Gasteiger partial charge in [0.25, 0.3) is 0 Å². The average Bonchev–Trinajstić information content (AvgIpc) is 2.90. The molecule has 1 atom stereocenters. The second kappa shape index (κ2) is 14.8. The molecule has 0 bridgehead atoms. The number of nitrogens with zero attached hydrogens (tertiary/aromatic N) is 1. The van der Waals surface area contributed by atoms with Crippen molar-refractivity contribution in [2.75, 3.05) is 13.2 Å². The van der Waals surface area contributed by atoms with Crippen molar-refractivity contribution in [2.45, 2.75) is 52.6 Å². The van der Waals surface area contributed by atoms with Crippen molar-refractivity contribution in [1.29, 1.82) is 0 Å². The molecule has 0 fully saturated rings. The summed E-state index contributed by atoms with van der Waals surface area (Å²) < 4.78 is 5.82. The number of hydrogen-bond donors (Lipinski definition) is 1. The number of nitrogens with one attached hydrogen (secondary N) is 1. The fourth-order valence-corrected chi connectivity index (χ4v) is 4.32. The predicted molar refractivity (Wildman–Crippen MR) is 155 cm³/mol. The van der Waals surface area contributed by atoms with E-state index < -0.39 is 6.04 Å². The number of hydrogen-bond acceptors (Lipinski definition) is 3. The van der Waals surface area contributed by atoms with E-state index in [9.17, 15) is 9.59 Å². The monoisotopic (exact) mass is 554 g/mol. The zero-order chi connectivity index (χ0) is 27.5. The standard InChI is InChI=1S/C31H36Cl2N2O3/c1-22(2)20-34-31(37)29(19-24-8-5-4-6-9-24)35(21-25-13-16-27(32)28(33)18-25)30(36)10-7-17-38-26-14-11-23(3)12-15-26/h4-6,8-9,11-16,18,22,29H,7,10,17,19-21H2,1-3H3,(H,34,37). The highest BCUT2D eigenvalue weighted by Crippen LogP contribution is 2.25. The number of aryl methyl sites for hydroxylation is 1. The van der Waals surface area contributed by atoms with Crippen molar-refractivity contribution in [2.24, 2.45) is 5.92 Å². The minimum absolute atomic E-state index is 0.121. The highest BCUT2D eigenvalue weighted by Gasteiger charge is 2.30. The van der Waals surface area contributed by atoms with E-state index >= 15 is 0 Å². The molecule has 5 nitrogen and oxygen atoms in total. The third kappa shape index (κ3) is 9.38. The van der Waals surface area contributed by atoms with Crippen molar-refractivity contribution in [3.05, 3.63) is 99.5 Å². The van der Waals surface area contributed by atoms with Gasteiger partial charge in [-0.05, 0) is 54.7 Å². The molecule has 0 heterocycles. The number of ether oxygens (including phenoxy) is 1. The van der Waals surface area contributed by atoms with E-state index in [0.29, 0.717) is 36.0 Å². The number of carbonyl (C=O) groups excluding carboxylic acids is 2. The van der Waals surface area contributed by atoms with Crippen molar-refractivity contribution in [3.8, 4) is 5.75 Å². The van der Waals surface area contributed by atoms with Gasteiger partial charge >= 0.3 is 0 Å². The summed E-state index contributed by atoms with van der Waals surface area (Å²) in [5.74, 6) is 0.760. The van der Waals surface area contributed by atoms with Gasteiger partial charge in [-0.25, -0.2) is 0 Å². The molecule has 1 unspecified atom stereocenters. The van der Waals surface area contributed by atoms with Crippen LogP contribution < -0.4 is 10.1 Å². The van der Waals surface area contributed by atoms with Gasteiger partial charge in [-0.3, -0.25) is 9.59 Å². The lowest BCUT2D eigenvalue weighted by molar-refractivity contribution is -0.141. The SMILES string of the molecule is Cc1ccc(OCCCC(=O)N(Cc2ccc(Cl)c(Cl)c2)C(Cc2ccccc2)C(=O)NCC(C)C)cc1. The molecule has 3 rings (SSSR count). The normalized spacial score (nSPS) is 11.7. The third-order valence-corrected chi connectivity index (χ3v) is 6.86. The van der Waals surface area contributed by atoms with E-state index in [4.69, 9.17) is 27.9 Å². The van der Waals surface area contributed by atoms with Gasteiger partial charge in [0.1, 0.15) is 11.8 Å². The van der Waals surface area contributed by atoms with Gasteiger partial charge < -0.3 is 15.0 Å². The maximum Gasteiger partial charge on any atom is 0.243 e. The first-order valence-electron chi connectivity index (χ1n) is 13.0. The quantitative estimate of drug-likeness (QED) is 0.234. The molecule has 202 valence electrons. The molecular weight excluding hydrogens is 519 g/mol. The van der Waals surface area contributed by atoms with Gasteiger partial charge in [0.15, 0.2) is 0 Å². The zero-order valence-electron chi connectivity index (χ0n) is 22.3. The molecule has 0 radical (unpaired) electrons. The fraction of sp³-hybridized carbons (Fsp3) is 0.355. The number of halogens is 2. The van der Waals surface area contributed by atoms with Gasteiger partial charge in [0.2, 0.25) is 11.8 Å². The summed E-state index contributed by atoms with van der Waals surface area (Å²) in [7, 11) is 0. The molecule has 3 aromatic carbocycles. The molecule has 1 N–H and O–H groups in total. The lowest BCUT2D eigenvalue weighted by atomic mass is 10.0. The van der Waals surface area contributed by atoms with E-state index in [0.717, 1.165) is 22.4 Å². The fourth-order valence-electron chi connectivity index (χ4n) is 4.00. The highest BCUT2D eigenvalue weighted by molar-refractivity contribution is 6.42. The minimum atomic E-state index is -0.684. The smallest absolute Gasteiger partial charge is 0.243 e. The van der Waals surface area contributed by atoms with E-state index in [1.807, 2.05) is 81.4 Å². The zero-order valence-corrected chi connectivity index (χ0v) is 23.8. The Morgan fingerprint density at radius 2 is 1.63 bits per heavy atom. The summed E-state index contributed by atoms with van der Waals surface area (Å²) >= 11 is 12.4. The molecule has 0 aromatic heterocycles. The van der Waals surface area contributed by atoms with Gasteiger partial charge in [-0.1, -0.05) is 91.1 Å². The van der Waals surface area contributed by atoms with Crippen LogP contribution in [0.5, 0.6) is 5.75 Å². The molecule has 0 aliphatic heterocycles. The number of carbonyl (C=O) groups is 2. The Labute approximate surface area is 236 Å². The van der Waals surface area contributed by atoms with Crippen LogP contribution in [0.1, 0.15) is 43.4 Å². The molecule has 0 aliphatic carbocycles. The molecule has 3 aromatic rings. The van der Waals surface area contributed by atoms with Gasteiger partial charge in [0, 0.05) is 25.9 Å². The second-order valence-electron chi connectivity index (χ2n) is 9.88. The van der Waals surface area contributed by atoms with Crippen molar-refractivity contribution in [3.63, 3.8) is 0 Å². The van der Waals surface area contributed by atoms with E-state index in [1.54, 1.807) is 17.0 Å². The van der Waals surface area contributed by atoms with Crippen LogP contribution in [0, 0.1) is 12.8 Å². The van der Waals surface area contributed by atoms with Crippen LogP contribution in [0.25, 0.3) is 0 Å². The average molecular weight is 556 g/mol. The first-order valence-corrected chi connectivity index (χ1v) is 13.7. The second-order valence-corrected chi connectivity index (χ2v) is 10.7. The third-order valence-electron chi connectivity index (χ3n) is 6.12. The molecule has 7 heteroatoms. The Morgan fingerprint density at radius 1 is 0.921 bits per heavy atom. The Balaban J connectivity index is 1.80. The van der Waals surface area contributed by atoms with Crippen LogP contribution in [0.2, 0.25) is 10.0 Å². The van der Waals surface area contributed by atoms with Gasteiger partial charge in [0.05, 0.1) is 16.7 Å². The molecule has 2 amide bonds. The van der Waals surface area contributed by atoms with Crippen LogP contribution in [0.4, 0.5) is 0 Å². The molecule has 0 saturated heterocycles. The first-order chi connectivity index (χ1) is 18.2. The summed E-state index contributed by atoms with van der Waals surface area (Å²) in [6.45, 7) is 7.27. The van der Waals surface area contributed by atoms with Crippen molar-refractivity contribution >= 4 is 35.0 Å². The first kappa shape index (κ1) is 29.5. The summed E-state index contributed by atoms with van der Waals surface area (Å²) in [6, 6.07) is 22.2. The number of benzene rings is 3. The Morgan fingerprint density at radius 3 is 2.29 bits per heavy atom. The molecular formula is C31H36Cl2N2O3. The highest BCUT2D eigenvalue weighted by atomic mass is 35.5. The predicted octanol–water partition coefficient (Wildman–Crippen LogP) is 6.87. The van der Waals surface area contributed by atoms with Gasteiger partial charge in [-0.15, -0.1) is 0 Å². The summed E-state index contributed by atoms with van der Waals surface area (Å²) in [5, 5.41) is 3.88. The van der Waals surface area contributed by atoms with Crippen LogP contribution in [0.15, 0.2) is 72.8 Å². The topological polar surface area (TPSA) is 58.6 Å². The molecule has 0 aliphatic rings. The number of amides is 2. The van der Waals surface area contributed by atoms with Crippen molar-refractivity contribution < 1.29 is 14.3 Å². The maximum absolute atomic E-state index is 13.7.